The minimum absolute atomic E-state index is 0.0485. The van der Waals surface area contributed by atoms with Crippen molar-refractivity contribution in [2.45, 2.75) is 13.0 Å². The standard InChI is InChI=1S/C19H19F2N3O3/c20-14-6-7-15(16(21)10-14)19(27)22-9-8-17(25)24-12-18(26)23-11-13-4-2-1-3-5-13/h1-7,10H,8-9,11-12H2,(H,22,27)(H,23,26)(H,24,25). The van der Waals surface area contributed by atoms with Crippen LogP contribution < -0.4 is 16.0 Å². The van der Waals surface area contributed by atoms with Crippen LogP contribution in [0.3, 0.4) is 0 Å². The summed E-state index contributed by atoms with van der Waals surface area (Å²) < 4.78 is 26.3. The lowest BCUT2D eigenvalue weighted by atomic mass is 10.2. The first kappa shape index (κ1) is 20.0. The summed E-state index contributed by atoms with van der Waals surface area (Å²) in [6.07, 6.45) is -0.0828. The zero-order valence-electron chi connectivity index (χ0n) is 14.4. The van der Waals surface area contributed by atoms with E-state index in [1.54, 1.807) is 0 Å². The monoisotopic (exact) mass is 375 g/mol. The SMILES string of the molecule is O=C(CCNC(=O)c1ccc(F)cc1F)NCC(=O)NCc1ccccc1. The summed E-state index contributed by atoms with van der Waals surface area (Å²) in [5.74, 6) is -3.30. The van der Waals surface area contributed by atoms with E-state index in [2.05, 4.69) is 16.0 Å². The second-order valence-corrected chi connectivity index (χ2v) is 5.67. The normalized spacial score (nSPS) is 10.1. The number of rotatable bonds is 8. The minimum atomic E-state index is -0.980. The van der Waals surface area contributed by atoms with Crippen molar-refractivity contribution < 1.29 is 23.2 Å². The highest BCUT2D eigenvalue weighted by Gasteiger charge is 2.12. The van der Waals surface area contributed by atoms with Crippen LogP contribution in [-0.4, -0.2) is 30.8 Å². The smallest absolute Gasteiger partial charge is 0.254 e. The van der Waals surface area contributed by atoms with Crippen LogP contribution in [0, 0.1) is 11.6 Å². The summed E-state index contributed by atoms with van der Waals surface area (Å²) in [6, 6.07) is 11.9. The molecule has 27 heavy (non-hydrogen) atoms. The maximum absolute atomic E-state index is 13.5. The molecule has 3 N–H and O–H groups in total. The van der Waals surface area contributed by atoms with E-state index in [1.807, 2.05) is 30.3 Å². The number of carbonyl (C=O) groups excluding carboxylic acids is 3. The van der Waals surface area contributed by atoms with Crippen molar-refractivity contribution in [2.75, 3.05) is 13.1 Å². The van der Waals surface area contributed by atoms with E-state index < -0.39 is 23.4 Å². The molecule has 6 nitrogen and oxygen atoms in total. The predicted molar refractivity (Wildman–Crippen MR) is 94.6 cm³/mol. The quantitative estimate of drug-likeness (QED) is 0.654. The molecule has 2 aromatic carbocycles. The Bertz CT molecular complexity index is 813. The second kappa shape index (κ2) is 10.0. The number of nitrogens with one attached hydrogen (secondary N) is 3. The third-order valence-corrected chi connectivity index (χ3v) is 3.59. The second-order valence-electron chi connectivity index (χ2n) is 5.67. The Labute approximate surface area is 155 Å². The molecule has 0 bridgehead atoms. The highest BCUT2D eigenvalue weighted by Crippen LogP contribution is 2.09. The molecule has 0 saturated carbocycles. The zero-order valence-corrected chi connectivity index (χ0v) is 14.4. The number of benzene rings is 2. The van der Waals surface area contributed by atoms with Gasteiger partial charge in [0.05, 0.1) is 12.1 Å². The number of halogens is 2. The van der Waals surface area contributed by atoms with Gasteiger partial charge >= 0.3 is 0 Å². The Kier molecular flexibility index (Phi) is 7.42. The average Bonchev–Trinajstić information content (AvgIpc) is 2.65. The van der Waals surface area contributed by atoms with E-state index in [0.717, 1.165) is 17.7 Å². The van der Waals surface area contributed by atoms with Crippen LogP contribution >= 0.6 is 0 Å². The van der Waals surface area contributed by atoms with Crippen molar-refractivity contribution in [3.8, 4) is 0 Å². The molecule has 8 heteroatoms. The Morgan fingerprint density at radius 2 is 1.59 bits per heavy atom. The molecule has 142 valence electrons. The maximum atomic E-state index is 13.5. The van der Waals surface area contributed by atoms with Crippen molar-refractivity contribution >= 4 is 17.7 Å². The van der Waals surface area contributed by atoms with Crippen LogP contribution in [0.5, 0.6) is 0 Å². The molecule has 0 aliphatic rings. The summed E-state index contributed by atoms with van der Waals surface area (Å²) >= 11 is 0. The molecule has 0 fully saturated rings. The fourth-order valence-electron chi connectivity index (χ4n) is 2.18. The van der Waals surface area contributed by atoms with Gasteiger partial charge in [0.2, 0.25) is 11.8 Å². The molecule has 0 aliphatic heterocycles. The van der Waals surface area contributed by atoms with Gasteiger partial charge in [0.25, 0.3) is 5.91 Å². The first-order valence-electron chi connectivity index (χ1n) is 8.26. The van der Waals surface area contributed by atoms with Gasteiger partial charge < -0.3 is 16.0 Å². The molecular weight excluding hydrogens is 356 g/mol. The zero-order chi connectivity index (χ0) is 19.6. The fraction of sp³-hybridized carbons (Fsp3) is 0.211. The molecule has 0 aliphatic carbocycles. The summed E-state index contributed by atoms with van der Waals surface area (Å²) in [5, 5.41) is 7.45. The molecular formula is C19H19F2N3O3. The molecule has 0 saturated heterocycles. The minimum Gasteiger partial charge on any atom is -0.351 e. The van der Waals surface area contributed by atoms with Gasteiger partial charge in [0.15, 0.2) is 0 Å². The van der Waals surface area contributed by atoms with Crippen LogP contribution in [-0.2, 0) is 16.1 Å². The van der Waals surface area contributed by atoms with Crippen LogP contribution in [0.25, 0.3) is 0 Å². The van der Waals surface area contributed by atoms with Crippen LogP contribution in [0.2, 0.25) is 0 Å². The fourth-order valence-corrected chi connectivity index (χ4v) is 2.18. The maximum Gasteiger partial charge on any atom is 0.254 e. The van der Waals surface area contributed by atoms with Gasteiger partial charge in [-0.2, -0.15) is 0 Å². The molecule has 2 rings (SSSR count). The number of carbonyl (C=O) groups is 3. The Morgan fingerprint density at radius 3 is 2.30 bits per heavy atom. The number of amides is 3. The third-order valence-electron chi connectivity index (χ3n) is 3.59. The highest BCUT2D eigenvalue weighted by atomic mass is 19.1. The van der Waals surface area contributed by atoms with Crippen molar-refractivity contribution in [3.05, 3.63) is 71.3 Å². The summed E-state index contributed by atoms with van der Waals surface area (Å²) in [5.41, 5.74) is 0.630. The Balaban J connectivity index is 1.64. The van der Waals surface area contributed by atoms with Gasteiger partial charge in [-0.25, -0.2) is 8.78 Å². The largest absolute Gasteiger partial charge is 0.351 e. The van der Waals surface area contributed by atoms with E-state index in [0.29, 0.717) is 12.6 Å². The van der Waals surface area contributed by atoms with E-state index in [9.17, 15) is 23.2 Å². The number of hydrogen-bond donors (Lipinski definition) is 3. The van der Waals surface area contributed by atoms with Crippen molar-refractivity contribution in [1.82, 2.24) is 16.0 Å². The molecule has 0 heterocycles. The van der Waals surface area contributed by atoms with Gasteiger partial charge in [0, 0.05) is 25.6 Å². The molecule has 3 amide bonds. The predicted octanol–water partition coefficient (Wildman–Crippen LogP) is 1.52. The highest BCUT2D eigenvalue weighted by molar-refractivity contribution is 5.94. The van der Waals surface area contributed by atoms with E-state index in [4.69, 9.17) is 0 Å². The van der Waals surface area contributed by atoms with E-state index >= 15 is 0 Å². The lowest BCUT2D eigenvalue weighted by Gasteiger charge is -2.08. The van der Waals surface area contributed by atoms with Crippen LogP contribution in [0.1, 0.15) is 22.3 Å². The number of hydrogen-bond acceptors (Lipinski definition) is 3. The van der Waals surface area contributed by atoms with Crippen LogP contribution in [0.4, 0.5) is 8.78 Å². The Morgan fingerprint density at radius 1 is 0.852 bits per heavy atom. The van der Waals surface area contributed by atoms with Crippen molar-refractivity contribution in [2.24, 2.45) is 0 Å². The van der Waals surface area contributed by atoms with Crippen molar-refractivity contribution in [3.63, 3.8) is 0 Å². The van der Waals surface area contributed by atoms with Crippen molar-refractivity contribution in [1.29, 1.82) is 0 Å². The Hall–Kier alpha value is -3.29. The molecule has 0 atom stereocenters. The van der Waals surface area contributed by atoms with Gasteiger partial charge in [-0.3, -0.25) is 14.4 Å². The van der Waals surface area contributed by atoms with Gasteiger partial charge in [-0.15, -0.1) is 0 Å². The first-order chi connectivity index (χ1) is 13.0. The lowest BCUT2D eigenvalue weighted by molar-refractivity contribution is -0.126. The molecule has 0 radical (unpaired) electrons. The summed E-state index contributed by atoms with van der Waals surface area (Å²) in [6.45, 7) is 0.119. The topological polar surface area (TPSA) is 87.3 Å². The van der Waals surface area contributed by atoms with Gasteiger partial charge in [-0.05, 0) is 17.7 Å². The van der Waals surface area contributed by atoms with Gasteiger partial charge in [0.1, 0.15) is 11.6 Å². The van der Waals surface area contributed by atoms with Crippen LogP contribution in [0.15, 0.2) is 48.5 Å². The first-order valence-corrected chi connectivity index (χ1v) is 8.26. The average molecular weight is 375 g/mol. The van der Waals surface area contributed by atoms with Gasteiger partial charge in [-0.1, -0.05) is 30.3 Å². The van der Waals surface area contributed by atoms with E-state index in [-0.39, 0.29) is 31.0 Å². The molecule has 0 spiro atoms. The third kappa shape index (κ3) is 6.85. The summed E-state index contributed by atoms with van der Waals surface area (Å²) in [4.78, 5) is 35.1. The molecule has 0 aromatic heterocycles. The lowest BCUT2D eigenvalue weighted by Crippen LogP contribution is -2.38. The summed E-state index contributed by atoms with van der Waals surface area (Å²) in [7, 11) is 0. The molecule has 0 unspecified atom stereocenters. The van der Waals surface area contributed by atoms with E-state index in [1.165, 1.54) is 0 Å². The molecule has 2 aromatic rings.